The van der Waals surface area contributed by atoms with E-state index in [2.05, 4.69) is 10.2 Å². The Morgan fingerprint density at radius 2 is 2.25 bits per heavy atom. The summed E-state index contributed by atoms with van der Waals surface area (Å²) in [5, 5.41) is 17.4. The van der Waals surface area contributed by atoms with Gasteiger partial charge in [-0.15, -0.1) is 0 Å². The van der Waals surface area contributed by atoms with Crippen LogP contribution in [0.25, 0.3) is 11.3 Å². The Morgan fingerprint density at radius 3 is 2.81 bits per heavy atom. The fraction of sp³-hybridized carbons (Fsp3) is 0. The number of rotatable bonds is 2. The predicted octanol–water partition coefficient (Wildman–Crippen LogP) is 2.22. The summed E-state index contributed by atoms with van der Waals surface area (Å²) in [6, 6.07) is 4.14. The van der Waals surface area contributed by atoms with Crippen molar-refractivity contribution in [2.75, 3.05) is 5.73 Å². The van der Waals surface area contributed by atoms with Crippen LogP contribution in [0.3, 0.4) is 0 Å². The first-order valence-corrected chi connectivity index (χ1v) is 4.70. The van der Waals surface area contributed by atoms with Gasteiger partial charge in [0.25, 0.3) is 5.69 Å². The molecule has 82 valence electrons. The molecule has 0 aliphatic carbocycles. The van der Waals surface area contributed by atoms with Crippen LogP contribution in [-0.2, 0) is 0 Å². The second-order valence-electron chi connectivity index (χ2n) is 3.12. The molecule has 0 saturated heterocycles. The lowest BCUT2D eigenvalue weighted by molar-refractivity contribution is -0.384. The number of halogens is 1. The number of hydrogen-bond acceptors (Lipinski definition) is 4. The normalized spacial score (nSPS) is 10.3. The van der Waals surface area contributed by atoms with Crippen molar-refractivity contribution in [2.24, 2.45) is 0 Å². The molecule has 1 aromatic carbocycles. The minimum absolute atomic E-state index is 0.0478. The van der Waals surface area contributed by atoms with Crippen molar-refractivity contribution in [3.05, 3.63) is 39.5 Å². The first-order valence-electron chi connectivity index (χ1n) is 4.32. The molecule has 0 unspecified atom stereocenters. The van der Waals surface area contributed by atoms with Gasteiger partial charge in [0, 0.05) is 17.7 Å². The van der Waals surface area contributed by atoms with Crippen LogP contribution >= 0.6 is 11.6 Å². The molecular formula is C9H7ClN4O2. The Bertz CT molecular complexity index is 552. The zero-order chi connectivity index (χ0) is 11.7. The van der Waals surface area contributed by atoms with Crippen molar-refractivity contribution in [1.29, 1.82) is 0 Å². The number of anilines is 1. The molecule has 0 saturated carbocycles. The first kappa shape index (κ1) is 10.4. The molecule has 0 amide bonds. The Kier molecular flexibility index (Phi) is 2.49. The lowest BCUT2D eigenvalue weighted by atomic mass is 10.1. The zero-order valence-corrected chi connectivity index (χ0v) is 8.73. The fourth-order valence-electron chi connectivity index (χ4n) is 1.33. The molecular weight excluding hydrogens is 232 g/mol. The maximum Gasteiger partial charge on any atom is 0.270 e. The molecule has 6 nitrogen and oxygen atoms in total. The molecule has 0 atom stereocenters. The third-order valence-electron chi connectivity index (χ3n) is 2.10. The minimum atomic E-state index is -0.494. The van der Waals surface area contributed by atoms with E-state index in [1.165, 1.54) is 24.4 Å². The minimum Gasteiger partial charge on any atom is -0.396 e. The molecule has 1 aromatic heterocycles. The largest absolute Gasteiger partial charge is 0.396 e. The molecule has 0 aliphatic rings. The molecule has 2 rings (SSSR count). The predicted molar refractivity (Wildman–Crippen MR) is 60.1 cm³/mol. The molecule has 3 N–H and O–H groups in total. The summed E-state index contributed by atoms with van der Waals surface area (Å²) in [6.07, 6.45) is 1.42. The van der Waals surface area contributed by atoms with E-state index >= 15 is 0 Å². The zero-order valence-electron chi connectivity index (χ0n) is 7.98. The van der Waals surface area contributed by atoms with Crippen molar-refractivity contribution < 1.29 is 4.92 Å². The van der Waals surface area contributed by atoms with Crippen LogP contribution in [0, 0.1) is 10.1 Å². The van der Waals surface area contributed by atoms with Crippen molar-refractivity contribution in [2.45, 2.75) is 0 Å². The molecule has 16 heavy (non-hydrogen) atoms. The van der Waals surface area contributed by atoms with Gasteiger partial charge in [-0.05, 0) is 6.07 Å². The molecule has 0 aliphatic heterocycles. The van der Waals surface area contributed by atoms with Gasteiger partial charge in [0.05, 0.1) is 27.5 Å². The highest BCUT2D eigenvalue weighted by atomic mass is 35.5. The number of aromatic amines is 1. The van der Waals surface area contributed by atoms with Crippen LogP contribution in [0.15, 0.2) is 24.4 Å². The van der Waals surface area contributed by atoms with Crippen molar-refractivity contribution >= 4 is 23.0 Å². The van der Waals surface area contributed by atoms with Crippen molar-refractivity contribution in [3.8, 4) is 11.3 Å². The molecule has 1 heterocycles. The van der Waals surface area contributed by atoms with E-state index in [1.807, 2.05) is 0 Å². The van der Waals surface area contributed by atoms with E-state index in [0.29, 0.717) is 22.0 Å². The second kappa shape index (κ2) is 3.82. The number of nitro benzene ring substituents is 1. The van der Waals surface area contributed by atoms with Crippen LogP contribution in [-0.4, -0.2) is 15.1 Å². The average Bonchev–Trinajstić information content (AvgIpc) is 2.65. The van der Waals surface area contributed by atoms with E-state index in [9.17, 15) is 10.1 Å². The Morgan fingerprint density at radius 1 is 1.50 bits per heavy atom. The summed E-state index contributed by atoms with van der Waals surface area (Å²) < 4.78 is 0. The van der Waals surface area contributed by atoms with E-state index in [-0.39, 0.29) is 5.69 Å². The van der Waals surface area contributed by atoms with Gasteiger partial charge >= 0.3 is 0 Å². The maximum atomic E-state index is 10.6. The highest BCUT2D eigenvalue weighted by molar-refractivity contribution is 6.33. The fourth-order valence-corrected chi connectivity index (χ4v) is 1.54. The van der Waals surface area contributed by atoms with Gasteiger partial charge < -0.3 is 5.73 Å². The summed E-state index contributed by atoms with van der Waals surface area (Å²) in [5.41, 5.74) is 6.93. The van der Waals surface area contributed by atoms with Crippen LogP contribution in [0.4, 0.5) is 11.4 Å². The number of benzene rings is 1. The summed E-state index contributed by atoms with van der Waals surface area (Å²) in [5.74, 6) is 0. The van der Waals surface area contributed by atoms with E-state index < -0.39 is 4.92 Å². The number of nitrogens with one attached hydrogen (secondary N) is 1. The van der Waals surface area contributed by atoms with Gasteiger partial charge in [-0.2, -0.15) is 5.10 Å². The summed E-state index contributed by atoms with van der Waals surface area (Å²) in [4.78, 5) is 10.1. The Balaban J connectivity index is 2.60. The molecule has 2 aromatic rings. The monoisotopic (exact) mass is 238 g/mol. The highest BCUT2D eigenvalue weighted by Gasteiger charge is 2.14. The first-order chi connectivity index (χ1) is 7.59. The van der Waals surface area contributed by atoms with E-state index in [0.717, 1.165) is 0 Å². The molecule has 0 bridgehead atoms. The summed E-state index contributed by atoms with van der Waals surface area (Å²) >= 11 is 5.94. The number of non-ortho nitro benzene ring substituents is 1. The molecule has 0 spiro atoms. The average molecular weight is 239 g/mol. The quantitative estimate of drug-likeness (QED) is 0.619. The third kappa shape index (κ3) is 1.70. The second-order valence-corrected chi connectivity index (χ2v) is 3.53. The molecule has 0 radical (unpaired) electrons. The number of nitrogens with two attached hydrogens (primary N) is 1. The van der Waals surface area contributed by atoms with Gasteiger partial charge in [-0.3, -0.25) is 15.2 Å². The smallest absolute Gasteiger partial charge is 0.270 e. The standard InChI is InChI=1S/C9H7ClN4O2/c10-7-2-1-5(14(15)16)3-6(7)9-8(11)4-12-13-9/h1-4H,11H2,(H,12,13). The Hall–Kier alpha value is -2.08. The molecule has 0 fully saturated rings. The van der Waals surface area contributed by atoms with Crippen LogP contribution < -0.4 is 5.73 Å². The number of nitrogens with zero attached hydrogens (tertiary/aromatic N) is 2. The number of nitrogen functional groups attached to an aromatic ring is 1. The number of hydrogen-bond donors (Lipinski definition) is 2. The van der Waals surface area contributed by atoms with Gasteiger partial charge in [0.15, 0.2) is 0 Å². The highest BCUT2D eigenvalue weighted by Crippen LogP contribution is 2.32. The summed E-state index contributed by atoms with van der Waals surface area (Å²) in [6.45, 7) is 0. The van der Waals surface area contributed by atoms with E-state index in [4.69, 9.17) is 17.3 Å². The number of nitro groups is 1. The van der Waals surface area contributed by atoms with E-state index in [1.54, 1.807) is 0 Å². The summed E-state index contributed by atoms with van der Waals surface area (Å²) in [7, 11) is 0. The van der Waals surface area contributed by atoms with Crippen molar-refractivity contribution in [1.82, 2.24) is 10.2 Å². The SMILES string of the molecule is Nc1cn[nH]c1-c1cc([N+](=O)[O-])ccc1Cl. The lowest BCUT2D eigenvalue weighted by Crippen LogP contribution is -1.91. The van der Waals surface area contributed by atoms with Crippen LogP contribution in [0.5, 0.6) is 0 Å². The van der Waals surface area contributed by atoms with Gasteiger partial charge in [0.2, 0.25) is 0 Å². The van der Waals surface area contributed by atoms with Gasteiger partial charge in [-0.25, -0.2) is 0 Å². The lowest BCUT2D eigenvalue weighted by Gasteiger charge is -2.02. The van der Waals surface area contributed by atoms with Gasteiger partial charge in [0.1, 0.15) is 0 Å². The van der Waals surface area contributed by atoms with Gasteiger partial charge in [-0.1, -0.05) is 11.6 Å². The van der Waals surface area contributed by atoms with Crippen LogP contribution in [0.2, 0.25) is 5.02 Å². The maximum absolute atomic E-state index is 10.6. The Labute approximate surface area is 95.2 Å². The number of aromatic nitrogens is 2. The number of H-pyrrole nitrogens is 1. The van der Waals surface area contributed by atoms with Crippen LogP contribution in [0.1, 0.15) is 0 Å². The topological polar surface area (TPSA) is 97.8 Å². The third-order valence-corrected chi connectivity index (χ3v) is 2.43. The van der Waals surface area contributed by atoms with Crippen molar-refractivity contribution in [3.63, 3.8) is 0 Å². The molecule has 7 heteroatoms.